The van der Waals surface area contributed by atoms with E-state index in [4.69, 9.17) is 22.1 Å². The van der Waals surface area contributed by atoms with Crippen molar-refractivity contribution in [3.63, 3.8) is 0 Å². The summed E-state index contributed by atoms with van der Waals surface area (Å²) in [4.78, 5) is 11.8. The lowest BCUT2D eigenvalue weighted by molar-refractivity contribution is -0.123. The molecule has 1 aromatic carbocycles. The van der Waals surface area contributed by atoms with Crippen LogP contribution in [0.4, 0.5) is 0 Å². The van der Waals surface area contributed by atoms with Crippen LogP contribution in [0, 0.1) is 0 Å². The molecule has 1 aromatic rings. The van der Waals surface area contributed by atoms with Gasteiger partial charge in [0.1, 0.15) is 5.75 Å². The first kappa shape index (κ1) is 17.8. The number of hydrogen-bond donors (Lipinski definition) is 2. The minimum absolute atomic E-state index is 0.0249. The van der Waals surface area contributed by atoms with Crippen LogP contribution in [0.3, 0.4) is 0 Å². The molecule has 118 valence electrons. The predicted molar refractivity (Wildman–Crippen MR) is 86.8 cm³/mol. The van der Waals surface area contributed by atoms with Gasteiger partial charge in [-0.25, -0.2) is 0 Å². The molecule has 0 aliphatic heterocycles. The minimum atomic E-state index is -0.126. The zero-order valence-corrected chi connectivity index (χ0v) is 13.7. The number of amides is 1. The highest BCUT2D eigenvalue weighted by Gasteiger charge is 2.10. The molecule has 1 amide bonds. The number of carbonyl (C=O) groups excluding carboxylic acids is 1. The highest BCUT2D eigenvalue weighted by Crippen LogP contribution is 2.25. The van der Waals surface area contributed by atoms with Crippen molar-refractivity contribution >= 4 is 17.5 Å². The summed E-state index contributed by atoms with van der Waals surface area (Å²) >= 11 is 6.16. The number of hydrogen-bond acceptors (Lipinski definition) is 3. The van der Waals surface area contributed by atoms with E-state index < -0.39 is 0 Å². The molecule has 0 saturated carbocycles. The molecule has 0 fully saturated rings. The van der Waals surface area contributed by atoms with Crippen molar-refractivity contribution in [3.05, 3.63) is 28.8 Å². The van der Waals surface area contributed by atoms with Crippen LogP contribution in [0.1, 0.15) is 39.2 Å². The van der Waals surface area contributed by atoms with Crippen LogP contribution in [0.5, 0.6) is 5.75 Å². The second kappa shape index (κ2) is 8.90. The summed E-state index contributed by atoms with van der Waals surface area (Å²) in [6.07, 6.45) is 2.58. The summed E-state index contributed by atoms with van der Waals surface area (Å²) in [5.41, 5.74) is 6.82. The summed E-state index contributed by atoms with van der Waals surface area (Å²) in [5, 5.41) is 3.42. The zero-order chi connectivity index (χ0) is 15.8. The van der Waals surface area contributed by atoms with Crippen molar-refractivity contribution in [3.8, 4) is 5.75 Å². The van der Waals surface area contributed by atoms with E-state index in [0.29, 0.717) is 10.8 Å². The molecule has 0 radical (unpaired) electrons. The molecule has 0 spiro atoms. The van der Waals surface area contributed by atoms with Crippen molar-refractivity contribution in [1.82, 2.24) is 5.32 Å². The van der Waals surface area contributed by atoms with Crippen LogP contribution in [-0.4, -0.2) is 24.6 Å². The highest BCUT2D eigenvalue weighted by molar-refractivity contribution is 6.32. The van der Waals surface area contributed by atoms with Gasteiger partial charge in [-0.3, -0.25) is 4.79 Å². The van der Waals surface area contributed by atoms with Crippen LogP contribution in [0.2, 0.25) is 5.02 Å². The first-order valence-electron chi connectivity index (χ1n) is 7.42. The zero-order valence-electron chi connectivity index (χ0n) is 13.0. The minimum Gasteiger partial charge on any atom is -0.482 e. The number of nitrogens with one attached hydrogen (secondary N) is 1. The van der Waals surface area contributed by atoms with Crippen LogP contribution in [-0.2, 0) is 11.2 Å². The second-order valence-electron chi connectivity index (χ2n) is 5.32. The van der Waals surface area contributed by atoms with E-state index in [9.17, 15) is 4.79 Å². The Morgan fingerprint density at radius 2 is 2.05 bits per heavy atom. The van der Waals surface area contributed by atoms with Crippen molar-refractivity contribution in [1.29, 1.82) is 0 Å². The number of carbonyl (C=O) groups is 1. The summed E-state index contributed by atoms with van der Waals surface area (Å²) < 4.78 is 5.47. The molecule has 3 N–H and O–H groups in total. The lowest BCUT2D eigenvalue weighted by Crippen LogP contribution is -2.37. The molecule has 4 nitrogen and oxygen atoms in total. The van der Waals surface area contributed by atoms with Crippen molar-refractivity contribution in [2.45, 2.75) is 52.1 Å². The van der Waals surface area contributed by atoms with Gasteiger partial charge in [0.05, 0.1) is 5.02 Å². The Balaban J connectivity index is 2.53. The highest BCUT2D eigenvalue weighted by atomic mass is 35.5. The van der Waals surface area contributed by atoms with Crippen LogP contribution in [0.15, 0.2) is 18.2 Å². The van der Waals surface area contributed by atoms with E-state index in [0.717, 1.165) is 24.8 Å². The van der Waals surface area contributed by atoms with Gasteiger partial charge in [0.2, 0.25) is 0 Å². The third kappa shape index (κ3) is 6.36. The van der Waals surface area contributed by atoms with E-state index in [1.807, 2.05) is 32.9 Å². The van der Waals surface area contributed by atoms with Crippen LogP contribution < -0.4 is 15.8 Å². The Labute approximate surface area is 132 Å². The van der Waals surface area contributed by atoms with Gasteiger partial charge in [-0.05, 0) is 43.9 Å². The average Bonchev–Trinajstić information content (AvgIpc) is 2.43. The number of rotatable bonds is 8. The van der Waals surface area contributed by atoms with Gasteiger partial charge >= 0.3 is 0 Å². The second-order valence-corrected chi connectivity index (χ2v) is 5.72. The van der Waals surface area contributed by atoms with E-state index in [1.165, 1.54) is 0 Å². The van der Waals surface area contributed by atoms with E-state index >= 15 is 0 Å². The molecule has 0 saturated heterocycles. The van der Waals surface area contributed by atoms with Gasteiger partial charge in [0, 0.05) is 12.1 Å². The van der Waals surface area contributed by atoms with Crippen molar-refractivity contribution < 1.29 is 9.53 Å². The van der Waals surface area contributed by atoms with E-state index in [1.54, 1.807) is 6.07 Å². The molecule has 0 aliphatic rings. The van der Waals surface area contributed by atoms with Gasteiger partial charge in [0.25, 0.3) is 5.91 Å². The molecule has 1 unspecified atom stereocenters. The van der Waals surface area contributed by atoms with Gasteiger partial charge < -0.3 is 15.8 Å². The summed E-state index contributed by atoms with van der Waals surface area (Å²) in [6, 6.07) is 5.82. The lowest BCUT2D eigenvalue weighted by Gasteiger charge is -2.15. The summed E-state index contributed by atoms with van der Waals surface area (Å²) in [7, 11) is 0. The first-order valence-corrected chi connectivity index (χ1v) is 7.80. The Hall–Kier alpha value is -1.26. The van der Waals surface area contributed by atoms with Crippen molar-refractivity contribution in [2.75, 3.05) is 6.61 Å². The Morgan fingerprint density at radius 3 is 2.57 bits per heavy atom. The van der Waals surface area contributed by atoms with E-state index in [-0.39, 0.29) is 24.6 Å². The quantitative estimate of drug-likeness (QED) is 0.775. The van der Waals surface area contributed by atoms with Gasteiger partial charge in [-0.1, -0.05) is 31.5 Å². The van der Waals surface area contributed by atoms with E-state index in [2.05, 4.69) is 5.32 Å². The number of ether oxygens (including phenoxy) is 1. The van der Waals surface area contributed by atoms with Crippen molar-refractivity contribution in [2.24, 2.45) is 5.73 Å². The van der Waals surface area contributed by atoms with Gasteiger partial charge in [0.15, 0.2) is 6.61 Å². The third-order valence-corrected chi connectivity index (χ3v) is 3.56. The molecule has 0 aliphatic carbocycles. The fourth-order valence-corrected chi connectivity index (χ4v) is 2.32. The molecule has 0 aromatic heterocycles. The molecule has 5 heteroatoms. The number of nitrogens with two attached hydrogens (primary N) is 1. The Kier molecular flexibility index (Phi) is 7.54. The fraction of sp³-hybridized carbons (Fsp3) is 0.562. The molecule has 1 rings (SSSR count). The molecule has 0 bridgehead atoms. The van der Waals surface area contributed by atoms with Gasteiger partial charge in [-0.2, -0.15) is 0 Å². The predicted octanol–water partition coefficient (Wildman–Crippen LogP) is 2.91. The smallest absolute Gasteiger partial charge is 0.258 e. The maximum atomic E-state index is 11.8. The monoisotopic (exact) mass is 312 g/mol. The maximum absolute atomic E-state index is 11.8. The maximum Gasteiger partial charge on any atom is 0.258 e. The summed E-state index contributed by atoms with van der Waals surface area (Å²) in [6.45, 7) is 6.01. The average molecular weight is 313 g/mol. The Bertz CT molecular complexity index is 460. The number of halogens is 1. The molecule has 1 atom stereocenters. The SMILES string of the molecule is CCC(CC)NC(=O)COc1ccc(CC(C)N)cc1Cl. The largest absolute Gasteiger partial charge is 0.482 e. The third-order valence-electron chi connectivity index (χ3n) is 3.26. The summed E-state index contributed by atoms with van der Waals surface area (Å²) in [5.74, 6) is 0.393. The molecule has 0 heterocycles. The Morgan fingerprint density at radius 1 is 1.38 bits per heavy atom. The molecular weight excluding hydrogens is 288 g/mol. The fourth-order valence-electron chi connectivity index (χ4n) is 2.07. The molecule has 21 heavy (non-hydrogen) atoms. The number of benzene rings is 1. The first-order chi connectivity index (χ1) is 9.96. The van der Waals surface area contributed by atoms with Gasteiger partial charge in [-0.15, -0.1) is 0 Å². The van der Waals surface area contributed by atoms with Crippen LogP contribution in [0.25, 0.3) is 0 Å². The molecular formula is C16H25ClN2O2. The normalized spacial score (nSPS) is 12.3. The topological polar surface area (TPSA) is 64.3 Å². The lowest BCUT2D eigenvalue weighted by atomic mass is 10.1. The standard InChI is InChI=1S/C16H25ClN2O2/c1-4-13(5-2)19-16(20)10-21-15-7-6-12(8-11(3)18)9-14(15)17/h6-7,9,11,13H,4-5,8,10,18H2,1-3H3,(H,19,20). The van der Waals surface area contributed by atoms with Crippen LogP contribution >= 0.6 is 11.6 Å².